The van der Waals surface area contributed by atoms with E-state index in [0.717, 1.165) is 42.6 Å². The molecule has 0 aliphatic rings. The number of aryl methyl sites for hydroxylation is 1. The number of ether oxygens (including phenoxy) is 2. The number of hydrogen-bond donors (Lipinski definition) is 2. The summed E-state index contributed by atoms with van der Waals surface area (Å²) < 4.78 is 12.5. The van der Waals surface area contributed by atoms with Crippen molar-refractivity contribution in [2.45, 2.75) is 33.4 Å². The molecule has 0 saturated heterocycles. The number of benzene rings is 1. The van der Waals surface area contributed by atoms with Crippen LogP contribution in [-0.4, -0.2) is 50.2 Å². The molecule has 148 valence electrons. The van der Waals surface area contributed by atoms with Gasteiger partial charge in [-0.2, -0.15) is 5.10 Å². The highest BCUT2D eigenvalue weighted by molar-refractivity contribution is 5.79. The first-order chi connectivity index (χ1) is 13.1. The van der Waals surface area contributed by atoms with Gasteiger partial charge in [-0.1, -0.05) is 18.2 Å². The Morgan fingerprint density at radius 3 is 2.67 bits per heavy atom. The highest BCUT2D eigenvalue weighted by Gasteiger charge is 2.12. The summed E-state index contributed by atoms with van der Waals surface area (Å²) in [7, 11) is 5.18. The fourth-order valence-electron chi connectivity index (χ4n) is 3.00. The van der Waals surface area contributed by atoms with Gasteiger partial charge in [0.25, 0.3) is 0 Å². The first kappa shape index (κ1) is 20.8. The van der Waals surface area contributed by atoms with Crippen LogP contribution in [0.2, 0.25) is 0 Å². The average Bonchev–Trinajstić information content (AvgIpc) is 2.96. The van der Waals surface area contributed by atoms with E-state index < -0.39 is 0 Å². The topological polar surface area (TPSA) is 72.7 Å². The molecule has 0 saturated carbocycles. The lowest BCUT2D eigenvalue weighted by molar-refractivity contribution is 0.182. The van der Waals surface area contributed by atoms with E-state index in [0.29, 0.717) is 13.2 Å². The third kappa shape index (κ3) is 5.72. The lowest BCUT2D eigenvalue weighted by Gasteiger charge is -2.13. The van der Waals surface area contributed by atoms with Gasteiger partial charge in [0, 0.05) is 38.5 Å². The van der Waals surface area contributed by atoms with Crippen molar-refractivity contribution in [3.63, 3.8) is 0 Å². The second-order valence-corrected chi connectivity index (χ2v) is 6.28. The number of nitrogens with one attached hydrogen (secondary N) is 2. The van der Waals surface area contributed by atoms with E-state index in [-0.39, 0.29) is 0 Å². The van der Waals surface area contributed by atoms with Crippen LogP contribution < -0.4 is 15.4 Å². The zero-order chi connectivity index (χ0) is 19.6. The predicted molar refractivity (Wildman–Crippen MR) is 108 cm³/mol. The summed E-state index contributed by atoms with van der Waals surface area (Å²) >= 11 is 0. The van der Waals surface area contributed by atoms with Crippen LogP contribution in [0.15, 0.2) is 29.3 Å². The third-order valence-electron chi connectivity index (χ3n) is 4.57. The van der Waals surface area contributed by atoms with E-state index in [1.807, 2.05) is 29.8 Å². The minimum Gasteiger partial charge on any atom is -0.496 e. The van der Waals surface area contributed by atoms with Gasteiger partial charge >= 0.3 is 0 Å². The average molecular weight is 374 g/mol. The molecule has 0 atom stereocenters. The summed E-state index contributed by atoms with van der Waals surface area (Å²) in [6.07, 6.45) is 0.859. The number of nitrogens with zero attached hydrogens (tertiary/aromatic N) is 3. The predicted octanol–water partition coefficient (Wildman–Crippen LogP) is 2.06. The van der Waals surface area contributed by atoms with Gasteiger partial charge in [0.2, 0.25) is 0 Å². The fourth-order valence-corrected chi connectivity index (χ4v) is 3.00. The molecule has 27 heavy (non-hydrogen) atoms. The molecule has 0 radical (unpaired) electrons. The molecular weight excluding hydrogens is 342 g/mol. The van der Waals surface area contributed by atoms with Gasteiger partial charge in [-0.05, 0) is 31.9 Å². The number of aromatic nitrogens is 2. The zero-order valence-corrected chi connectivity index (χ0v) is 17.0. The van der Waals surface area contributed by atoms with Gasteiger partial charge in [0.1, 0.15) is 5.75 Å². The van der Waals surface area contributed by atoms with Crippen LogP contribution in [0.5, 0.6) is 5.75 Å². The quantitative estimate of drug-likeness (QED) is 0.520. The second kappa shape index (κ2) is 10.6. The molecule has 7 heteroatoms. The van der Waals surface area contributed by atoms with Gasteiger partial charge in [-0.15, -0.1) is 0 Å². The SMILES string of the molecule is CN=C(NCCc1ccccc1OC)NCc1c(C)nn(CCOC)c1C. The first-order valence-corrected chi connectivity index (χ1v) is 9.19. The molecule has 0 amide bonds. The largest absolute Gasteiger partial charge is 0.496 e. The summed E-state index contributed by atoms with van der Waals surface area (Å²) in [6.45, 7) is 6.98. The Balaban J connectivity index is 1.88. The smallest absolute Gasteiger partial charge is 0.191 e. The molecule has 1 aromatic carbocycles. The summed E-state index contributed by atoms with van der Waals surface area (Å²) in [5.41, 5.74) is 4.55. The maximum Gasteiger partial charge on any atom is 0.191 e. The molecule has 0 unspecified atom stereocenters. The van der Waals surface area contributed by atoms with E-state index in [9.17, 15) is 0 Å². The molecule has 0 aliphatic carbocycles. The van der Waals surface area contributed by atoms with Gasteiger partial charge in [-0.3, -0.25) is 9.67 Å². The normalized spacial score (nSPS) is 11.5. The van der Waals surface area contributed by atoms with Gasteiger partial charge in [-0.25, -0.2) is 0 Å². The Hall–Kier alpha value is -2.54. The maximum absolute atomic E-state index is 5.40. The summed E-state index contributed by atoms with van der Waals surface area (Å²) in [4.78, 5) is 4.31. The van der Waals surface area contributed by atoms with Gasteiger partial charge < -0.3 is 20.1 Å². The van der Waals surface area contributed by atoms with Crippen molar-refractivity contribution in [1.29, 1.82) is 0 Å². The Kier molecular flexibility index (Phi) is 8.13. The Bertz CT molecular complexity index is 755. The Morgan fingerprint density at radius 1 is 1.19 bits per heavy atom. The molecule has 0 bridgehead atoms. The number of methoxy groups -OCH3 is 2. The molecule has 1 heterocycles. The van der Waals surface area contributed by atoms with Crippen LogP contribution in [-0.2, 0) is 24.2 Å². The highest BCUT2D eigenvalue weighted by Crippen LogP contribution is 2.17. The molecule has 2 N–H and O–H groups in total. The lowest BCUT2D eigenvalue weighted by Crippen LogP contribution is -2.38. The van der Waals surface area contributed by atoms with E-state index in [1.54, 1.807) is 21.3 Å². The Morgan fingerprint density at radius 2 is 1.96 bits per heavy atom. The Labute approximate surface area is 161 Å². The van der Waals surface area contributed by atoms with E-state index in [2.05, 4.69) is 33.7 Å². The minimum absolute atomic E-state index is 0.654. The van der Waals surface area contributed by atoms with Crippen LogP contribution in [0.3, 0.4) is 0 Å². The number of rotatable bonds is 9. The summed E-state index contributed by atoms with van der Waals surface area (Å²) in [5, 5.41) is 11.3. The highest BCUT2D eigenvalue weighted by atomic mass is 16.5. The van der Waals surface area contributed by atoms with Crippen molar-refractivity contribution in [1.82, 2.24) is 20.4 Å². The van der Waals surface area contributed by atoms with Crippen LogP contribution >= 0.6 is 0 Å². The summed E-state index contributed by atoms with van der Waals surface area (Å²) in [5.74, 6) is 1.69. The zero-order valence-electron chi connectivity index (χ0n) is 17.0. The van der Waals surface area contributed by atoms with Crippen molar-refractivity contribution >= 4 is 5.96 Å². The van der Waals surface area contributed by atoms with E-state index >= 15 is 0 Å². The van der Waals surface area contributed by atoms with Crippen LogP contribution in [0.4, 0.5) is 0 Å². The fraction of sp³-hybridized carbons (Fsp3) is 0.500. The molecular formula is C20H31N5O2. The van der Waals surface area contributed by atoms with Crippen LogP contribution in [0.25, 0.3) is 0 Å². The number of aliphatic imine (C=N–C) groups is 1. The van der Waals surface area contributed by atoms with Gasteiger partial charge in [0.15, 0.2) is 5.96 Å². The number of hydrogen-bond acceptors (Lipinski definition) is 4. The number of para-hydroxylation sites is 1. The van der Waals surface area contributed by atoms with E-state index in [4.69, 9.17) is 9.47 Å². The summed E-state index contributed by atoms with van der Waals surface area (Å²) in [6, 6.07) is 8.07. The van der Waals surface area contributed by atoms with Crippen LogP contribution in [0.1, 0.15) is 22.5 Å². The number of guanidine groups is 1. The standard InChI is InChI=1S/C20H31N5O2/c1-15-18(16(2)25(24-15)12-13-26-4)14-23-20(21-3)22-11-10-17-8-6-7-9-19(17)27-5/h6-9H,10-14H2,1-5H3,(H2,21,22,23). The lowest BCUT2D eigenvalue weighted by atomic mass is 10.1. The van der Waals surface area contributed by atoms with Crippen molar-refractivity contribution in [3.8, 4) is 5.75 Å². The molecule has 0 spiro atoms. The molecule has 7 nitrogen and oxygen atoms in total. The van der Waals surface area contributed by atoms with E-state index in [1.165, 1.54) is 11.1 Å². The molecule has 0 fully saturated rings. The maximum atomic E-state index is 5.40. The molecule has 1 aromatic heterocycles. The molecule has 2 aromatic rings. The second-order valence-electron chi connectivity index (χ2n) is 6.28. The minimum atomic E-state index is 0.654. The van der Waals surface area contributed by atoms with Crippen molar-refractivity contribution in [2.24, 2.45) is 4.99 Å². The van der Waals surface area contributed by atoms with Crippen molar-refractivity contribution < 1.29 is 9.47 Å². The van der Waals surface area contributed by atoms with Crippen molar-refractivity contribution in [3.05, 3.63) is 46.8 Å². The van der Waals surface area contributed by atoms with Gasteiger partial charge in [0.05, 0.1) is 26.0 Å². The first-order valence-electron chi connectivity index (χ1n) is 9.19. The molecule has 2 rings (SSSR count). The monoisotopic (exact) mass is 373 g/mol. The third-order valence-corrected chi connectivity index (χ3v) is 4.57. The van der Waals surface area contributed by atoms with Crippen molar-refractivity contribution in [2.75, 3.05) is 34.4 Å². The van der Waals surface area contributed by atoms with Crippen LogP contribution in [0, 0.1) is 13.8 Å². The molecule has 0 aliphatic heterocycles.